The summed E-state index contributed by atoms with van der Waals surface area (Å²) in [6.07, 6.45) is 1.05. The van der Waals surface area contributed by atoms with Gasteiger partial charge < -0.3 is 15.2 Å². The molecule has 0 heterocycles. The second-order valence-corrected chi connectivity index (χ2v) is 3.88. The number of benzene rings is 1. The Morgan fingerprint density at radius 3 is 2.53 bits per heavy atom. The first-order valence-electron chi connectivity index (χ1n) is 5.69. The van der Waals surface area contributed by atoms with E-state index in [1.165, 1.54) is 0 Å². The van der Waals surface area contributed by atoms with Gasteiger partial charge in [0.1, 0.15) is 12.4 Å². The van der Waals surface area contributed by atoms with E-state index in [4.69, 9.17) is 15.2 Å². The molecular formula is C13H19NO3. The molecule has 1 aromatic carbocycles. The minimum absolute atomic E-state index is 0.113. The number of hydrogen-bond donors (Lipinski definition) is 1. The van der Waals surface area contributed by atoms with Crippen LogP contribution in [-0.2, 0) is 16.1 Å². The van der Waals surface area contributed by atoms with E-state index in [2.05, 4.69) is 0 Å². The molecule has 1 unspecified atom stereocenters. The standard InChI is InChI=1S/C13H19NO3/c1-3-11(14)8-13(15)17-9-10-4-6-12(16-2)7-5-10/h4-7,11H,3,8-9,14H2,1-2H3. The van der Waals surface area contributed by atoms with Gasteiger partial charge in [-0.2, -0.15) is 0 Å². The van der Waals surface area contributed by atoms with Crippen LogP contribution < -0.4 is 10.5 Å². The molecule has 1 rings (SSSR count). The van der Waals surface area contributed by atoms with Crippen LogP contribution in [0.2, 0.25) is 0 Å². The van der Waals surface area contributed by atoms with Crippen LogP contribution in [0.3, 0.4) is 0 Å². The predicted molar refractivity (Wildman–Crippen MR) is 65.7 cm³/mol. The molecule has 0 saturated heterocycles. The molecule has 94 valence electrons. The Morgan fingerprint density at radius 1 is 1.35 bits per heavy atom. The molecule has 0 bridgehead atoms. The smallest absolute Gasteiger partial charge is 0.307 e. The fraction of sp³-hybridized carbons (Fsp3) is 0.462. The molecule has 1 atom stereocenters. The van der Waals surface area contributed by atoms with Crippen LogP contribution in [0.1, 0.15) is 25.3 Å². The second kappa shape index (κ2) is 6.91. The van der Waals surface area contributed by atoms with Crippen LogP contribution in [-0.4, -0.2) is 19.1 Å². The lowest BCUT2D eigenvalue weighted by molar-refractivity contribution is -0.145. The minimum atomic E-state index is -0.254. The van der Waals surface area contributed by atoms with Crippen LogP contribution in [0.15, 0.2) is 24.3 Å². The van der Waals surface area contributed by atoms with Gasteiger partial charge in [-0.3, -0.25) is 4.79 Å². The third-order valence-corrected chi connectivity index (χ3v) is 2.51. The topological polar surface area (TPSA) is 61.6 Å². The third kappa shape index (κ3) is 4.87. The Balaban J connectivity index is 2.36. The molecule has 0 saturated carbocycles. The van der Waals surface area contributed by atoms with Gasteiger partial charge in [0, 0.05) is 6.04 Å². The lowest BCUT2D eigenvalue weighted by Gasteiger charge is -2.09. The maximum Gasteiger partial charge on any atom is 0.307 e. The van der Waals surface area contributed by atoms with Crippen LogP contribution in [0.25, 0.3) is 0 Å². The zero-order chi connectivity index (χ0) is 12.7. The van der Waals surface area contributed by atoms with E-state index >= 15 is 0 Å². The van der Waals surface area contributed by atoms with Gasteiger partial charge in [-0.05, 0) is 24.1 Å². The quantitative estimate of drug-likeness (QED) is 0.767. The van der Waals surface area contributed by atoms with Crippen molar-refractivity contribution in [3.05, 3.63) is 29.8 Å². The first-order valence-corrected chi connectivity index (χ1v) is 5.69. The van der Waals surface area contributed by atoms with Gasteiger partial charge in [0.25, 0.3) is 0 Å². The predicted octanol–water partition coefficient (Wildman–Crippen LogP) is 1.87. The molecule has 4 nitrogen and oxygen atoms in total. The molecule has 0 aromatic heterocycles. The van der Waals surface area contributed by atoms with E-state index in [0.29, 0.717) is 0 Å². The normalized spacial score (nSPS) is 11.9. The third-order valence-electron chi connectivity index (χ3n) is 2.51. The van der Waals surface area contributed by atoms with Gasteiger partial charge in [0.05, 0.1) is 13.5 Å². The Labute approximate surface area is 102 Å². The largest absolute Gasteiger partial charge is 0.497 e. The summed E-state index contributed by atoms with van der Waals surface area (Å²) in [5, 5.41) is 0. The van der Waals surface area contributed by atoms with Gasteiger partial charge in [-0.15, -0.1) is 0 Å². The Bertz CT molecular complexity index is 348. The van der Waals surface area contributed by atoms with E-state index in [-0.39, 0.29) is 25.0 Å². The summed E-state index contributed by atoms with van der Waals surface area (Å²) < 4.78 is 10.2. The number of rotatable bonds is 6. The van der Waals surface area contributed by atoms with Crippen molar-refractivity contribution in [3.63, 3.8) is 0 Å². The summed E-state index contributed by atoms with van der Waals surface area (Å²) in [4.78, 5) is 11.4. The van der Waals surface area contributed by atoms with E-state index in [0.717, 1.165) is 17.7 Å². The van der Waals surface area contributed by atoms with Crippen LogP contribution >= 0.6 is 0 Å². The number of esters is 1. The highest BCUT2D eigenvalue weighted by Gasteiger charge is 2.08. The van der Waals surface area contributed by atoms with E-state index < -0.39 is 0 Å². The number of carbonyl (C=O) groups excluding carboxylic acids is 1. The fourth-order valence-electron chi connectivity index (χ4n) is 1.30. The van der Waals surface area contributed by atoms with Gasteiger partial charge >= 0.3 is 5.97 Å². The lowest BCUT2D eigenvalue weighted by atomic mass is 10.2. The van der Waals surface area contributed by atoms with Gasteiger partial charge in [0.15, 0.2) is 0 Å². The van der Waals surface area contributed by atoms with Crippen LogP contribution in [0.5, 0.6) is 5.75 Å². The fourth-order valence-corrected chi connectivity index (χ4v) is 1.30. The van der Waals surface area contributed by atoms with Crippen LogP contribution in [0.4, 0.5) is 0 Å². The average Bonchev–Trinajstić information content (AvgIpc) is 2.36. The second-order valence-electron chi connectivity index (χ2n) is 3.88. The van der Waals surface area contributed by atoms with Crippen molar-refractivity contribution in [2.45, 2.75) is 32.4 Å². The molecule has 0 aliphatic carbocycles. The van der Waals surface area contributed by atoms with Crippen molar-refractivity contribution in [2.24, 2.45) is 5.73 Å². The summed E-state index contributed by atoms with van der Waals surface area (Å²) >= 11 is 0. The average molecular weight is 237 g/mol. The number of nitrogens with two attached hydrogens (primary N) is 1. The number of ether oxygens (including phenoxy) is 2. The molecule has 0 aliphatic heterocycles. The van der Waals surface area contributed by atoms with E-state index in [1.807, 2.05) is 31.2 Å². The first-order chi connectivity index (χ1) is 8.15. The molecule has 0 fully saturated rings. The highest BCUT2D eigenvalue weighted by atomic mass is 16.5. The molecule has 4 heteroatoms. The molecule has 0 amide bonds. The minimum Gasteiger partial charge on any atom is -0.497 e. The van der Waals surface area contributed by atoms with Gasteiger partial charge in [-0.25, -0.2) is 0 Å². The molecule has 1 aromatic rings. The molecule has 0 radical (unpaired) electrons. The summed E-state index contributed by atoms with van der Waals surface area (Å²) in [6, 6.07) is 7.29. The zero-order valence-corrected chi connectivity index (χ0v) is 10.3. The maximum absolute atomic E-state index is 11.4. The van der Waals surface area contributed by atoms with Crippen molar-refractivity contribution in [3.8, 4) is 5.75 Å². The zero-order valence-electron chi connectivity index (χ0n) is 10.3. The highest BCUT2D eigenvalue weighted by molar-refractivity contribution is 5.70. The summed E-state index contributed by atoms with van der Waals surface area (Å²) in [5.41, 5.74) is 6.60. The van der Waals surface area contributed by atoms with Gasteiger partial charge in [-0.1, -0.05) is 19.1 Å². The van der Waals surface area contributed by atoms with Crippen molar-refractivity contribution in [1.82, 2.24) is 0 Å². The number of methoxy groups -OCH3 is 1. The maximum atomic E-state index is 11.4. The highest BCUT2D eigenvalue weighted by Crippen LogP contribution is 2.12. The van der Waals surface area contributed by atoms with E-state index in [1.54, 1.807) is 7.11 Å². The Hall–Kier alpha value is -1.55. The van der Waals surface area contributed by atoms with Crippen molar-refractivity contribution in [1.29, 1.82) is 0 Å². The lowest BCUT2D eigenvalue weighted by Crippen LogP contribution is -2.23. The van der Waals surface area contributed by atoms with E-state index in [9.17, 15) is 4.79 Å². The summed E-state index contributed by atoms with van der Waals surface area (Å²) in [5.74, 6) is 0.531. The van der Waals surface area contributed by atoms with Crippen molar-refractivity contribution < 1.29 is 14.3 Å². The summed E-state index contributed by atoms with van der Waals surface area (Å²) in [7, 11) is 1.61. The van der Waals surface area contributed by atoms with Crippen molar-refractivity contribution >= 4 is 5.97 Å². The SMILES string of the molecule is CCC(N)CC(=O)OCc1ccc(OC)cc1. The molecule has 2 N–H and O–H groups in total. The van der Waals surface area contributed by atoms with Crippen LogP contribution in [0, 0.1) is 0 Å². The molecule has 17 heavy (non-hydrogen) atoms. The van der Waals surface area contributed by atoms with Gasteiger partial charge in [0.2, 0.25) is 0 Å². The van der Waals surface area contributed by atoms with Crippen molar-refractivity contribution in [2.75, 3.05) is 7.11 Å². The summed E-state index contributed by atoms with van der Waals surface area (Å²) in [6.45, 7) is 2.22. The molecular weight excluding hydrogens is 218 g/mol. The first kappa shape index (κ1) is 13.5. The monoisotopic (exact) mass is 237 g/mol. The molecule has 0 aliphatic rings. The Morgan fingerprint density at radius 2 is 2.00 bits per heavy atom. The molecule has 0 spiro atoms. The number of hydrogen-bond acceptors (Lipinski definition) is 4. The Kier molecular flexibility index (Phi) is 5.49. The number of carbonyl (C=O) groups is 1.